The Hall–Kier alpha value is -3.94. The molecule has 0 bridgehead atoms. The van der Waals surface area contributed by atoms with E-state index in [-0.39, 0.29) is 5.91 Å². The van der Waals surface area contributed by atoms with E-state index in [1.54, 1.807) is 12.5 Å². The van der Waals surface area contributed by atoms with Gasteiger partial charge in [-0.15, -0.1) is 0 Å². The second kappa shape index (κ2) is 8.66. The average molecular weight is 428 g/mol. The smallest absolute Gasteiger partial charge is 0.242 e. The molecule has 162 valence electrons. The van der Waals surface area contributed by atoms with E-state index in [2.05, 4.69) is 31.2 Å². The van der Waals surface area contributed by atoms with E-state index >= 15 is 0 Å². The summed E-state index contributed by atoms with van der Waals surface area (Å²) < 4.78 is 2.02. The van der Waals surface area contributed by atoms with Gasteiger partial charge in [0.15, 0.2) is 0 Å². The Morgan fingerprint density at radius 2 is 1.78 bits per heavy atom. The van der Waals surface area contributed by atoms with Crippen molar-refractivity contribution < 1.29 is 4.79 Å². The molecule has 8 heteroatoms. The molecule has 0 unspecified atom stereocenters. The standard InChI is InChI=1S/C24H25N7O/c1-18-6-8-25-21(14-18)28-22-15-23(27-17-26-22)29-10-12-30(13-11-29)24(32)16-31-9-7-19-4-2-3-5-20(19)31/h2-9,14-15,17H,10-13,16H2,1H3,(H,25,26,27,28). The molecule has 0 saturated carbocycles. The number of hydrogen-bond acceptors (Lipinski definition) is 6. The fourth-order valence-electron chi connectivity index (χ4n) is 4.03. The third-order valence-corrected chi connectivity index (χ3v) is 5.77. The molecular weight excluding hydrogens is 402 g/mol. The monoisotopic (exact) mass is 427 g/mol. The number of carbonyl (C=O) groups is 1. The van der Waals surface area contributed by atoms with Crippen molar-refractivity contribution in [2.24, 2.45) is 0 Å². The van der Waals surface area contributed by atoms with Crippen LogP contribution in [0.1, 0.15) is 5.56 Å². The Balaban J connectivity index is 1.20. The Morgan fingerprint density at radius 3 is 2.62 bits per heavy atom. The molecule has 1 aromatic carbocycles. The maximum Gasteiger partial charge on any atom is 0.242 e. The van der Waals surface area contributed by atoms with Gasteiger partial charge in [-0.1, -0.05) is 18.2 Å². The Morgan fingerprint density at radius 1 is 0.969 bits per heavy atom. The fourth-order valence-corrected chi connectivity index (χ4v) is 4.03. The van der Waals surface area contributed by atoms with Crippen molar-refractivity contribution in [3.05, 3.63) is 72.8 Å². The molecule has 0 radical (unpaired) electrons. The normalized spacial score (nSPS) is 14.0. The molecule has 1 fully saturated rings. The first-order chi connectivity index (χ1) is 15.7. The van der Waals surface area contributed by atoms with Crippen LogP contribution < -0.4 is 10.2 Å². The van der Waals surface area contributed by atoms with E-state index in [1.807, 2.05) is 65.1 Å². The van der Waals surface area contributed by atoms with Crippen LogP contribution in [-0.4, -0.2) is 56.5 Å². The number of nitrogens with one attached hydrogen (secondary N) is 1. The number of carbonyl (C=O) groups excluding carboxylic acids is 1. The van der Waals surface area contributed by atoms with Gasteiger partial charge in [-0.25, -0.2) is 15.0 Å². The summed E-state index contributed by atoms with van der Waals surface area (Å²) in [6.07, 6.45) is 5.31. The lowest BCUT2D eigenvalue weighted by atomic mass is 10.2. The van der Waals surface area contributed by atoms with Crippen LogP contribution in [0, 0.1) is 6.92 Å². The van der Waals surface area contributed by atoms with E-state index < -0.39 is 0 Å². The van der Waals surface area contributed by atoms with Crippen LogP contribution in [-0.2, 0) is 11.3 Å². The van der Waals surface area contributed by atoms with Gasteiger partial charge in [-0.2, -0.15) is 0 Å². The molecule has 0 atom stereocenters. The molecule has 4 aromatic rings. The number of para-hydroxylation sites is 1. The molecule has 8 nitrogen and oxygen atoms in total. The van der Waals surface area contributed by atoms with Gasteiger partial charge in [0.25, 0.3) is 0 Å². The molecular formula is C24H25N7O. The van der Waals surface area contributed by atoms with Crippen LogP contribution in [0.25, 0.3) is 10.9 Å². The Kier molecular flexibility index (Phi) is 5.41. The first-order valence-corrected chi connectivity index (χ1v) is 10.7. The molecule has 4 heterocycles. The molecule has 1 aliphatic heterocycles. The van der Waals surface area contributed by atoms with Crippen LogP contribution in [0.5, 0.6) is 0 Å². The predicted molar refractivity (Wildman–Crippen MR) is 125 cm³/mol. The van der Waals surface area contributed by atoms with Gasteiger partial charge in [0.1, 0.15) is 30.3 Å². The van der Waals surface area contributed by atoms with Crippen LogP contribution in [0.3, 0.4) is 0 Å². The maximum absolute atomic E-state index is 12.9. The summed E-state index contributed by atoms with van der Waals surface area (Å²) in [4.78, 5) is 30.1. The summed E-state index contributed by atoms with van der Waals surface area (Å²) >= 11 is 0. The minimum atomic E-state index is 0.140. The van der Waals surface area contributed by atoms with Crippen molar-refractivity contribution in [3.63, 3.8) is 0 Å². The SMILES string of the molecule is Cc1ccnc(Nc2cc(N3CCN(C(=O)Cn4ccc5ccccc54)CC3)ncn2)c1. The third-order valence-electron chi connectivity index (χ3n) is 5.77. The summed E-state index contributed by atoms with van der Waals surface area (Å²) in [5, 5.41) is 4.39. The van der Waals surface area contributed by atoms with Crippen LogP contribution in [0.2, 0.25) is 0 Å². The topological polar surface area (TPSA) is 79.2 Å². The lowest BCUT2D eigenvalue weighted by Gasteiger charge is -2.35. The average Bonchev–Trinajstić information content (AvgIpc) is 3.22. The van der Waals surface area contributed by atoms with Crippen molar-refractivity contribution in [2.75, 3.05) is 36.4 Å². The number of aromatic nitrogens is 4. The fraction of sp³-hybridized carbons (Fsp3) is 0.250. The summed E-state index contributed by atoms with van der Waals surface area (Å²) in [7, 11) is 0. The lowest BCUT2D eigenvalue weighted by Crippen LogP contribution is -2.49. The van der Waals surface area contributed by atoms with Crippen LogP contribution in [0.4, 0.5) is 17.5 Å². The number of amides is 1. The highest BCUT2D eigenvalue weighted by molar-refractivity contribution is 5.83. The summed E-state index contributed by atoms with van der Waals surface area (Å²) in [5.41, 5.74) is 2.22. The van der Waals surface area contributed by atoms with Gasteiger partial charge in [0, 0.05) is 50.2 Å². The highest BCUT2D eigenvalue weighted by Crippen LogP contribution is 2.20. The van der Waals surface area contributed by atoms with E-state index in [0.29, 0.717) is 25.5 Å². The van der Waals surface area contributed by atoms with Crippen molar-refractivity contribution in [2.45, 2.75) is 13.5 Å². The van der Waals surface area contributed by atoms with Crippen LogP contribution >= 0.6 is 0 Å². The highest BCUT2D eigenvalue weighted by Gasteiger charge is 2.22. The molecule has 1 amide bonds. The summed E-state index contributed by atoms with van der Waals surface area (Å²) in [5.74, 6) is 2.44. The number of piperazine rings is 1. The minimum absolute atomic E-state index is 0.140. The lowest BCUT2D eigenvalue weighted by molar-refractivity contribution is -0.132. The Labute approximate surface area is 186 Å². The third kappa shape index (κ3) is 4.25. The van der Waals surface area contributed by atoms with Crippen molar-refractivity contribution in [1.29, 1.82) is 0 Å². The molecule has 1 saturated heterocycles. The van der Waals surface area contributed by atoms with Gasteiger partial charge in [-0.3, -0.25) is 4.79 Å². The predicted octanol–water partition coefficient (Wildman–Crippen LogP) is 3.23. The number of benzene rings is 1. The number of aryl methyl sites for hydroxylation is 1. The van der Waals surface area contributed by atoms with Gasteiger partial charge in [-0.05, 0) is 42.1 Å². The second-order valence-electron chi connectivity index (χ2n) is 7.98. The zero-order valence-electron chi connectivity index (χ0n) is 18.0. The van der Waals surface area contributed by atoms with Gasteiger partial charge < -0.3 is 19.7 Å². The Bertz CT molecular complexity index is 1240. The largest absolute Gasteiger partial charge is 0.353 e. The van der Waals surface area contributed by atoms with E-state index in [4.69, 9.17) is 0 Å². The number of anilines is 3. The second-order valence-corrected chi connectivity index (χ2v) is 7.98. The molecule has 0 spiro atoms. The molecule has 0 aliphatic carbocycles. The number of hydrogen-bond donors (Lipinski definition) is 1. The van der Waals surface area contributed by atoms with E-state index in [9.17, 15) is 4.79 Å². The summed E-state index contributed by atoms with van der Waals surface area (Å²) in [6.45, 7) is 5.19. The van der Waals surface area contributed by atoms with Crippen molar-refractivity contribution in [1.82, 2.24) is 24.4 Å². The molecule has 32 heavy (non-hydrogen) atoms. The minimum Gasteiger partial charge on any atom is -0.353 e. The van der Waals surface area contributed by atoms with Gasteiger partial charge in [0.2, 0.25) is 5.91 Å². The molecule has 3 aromatic heterocycles. The zero-order valence-corrected chi connectivity index (χ0v) is 18.0. The summed E-state index contributed by atoms with van der Waals surface area (Å²) in [6, 6.07) is 16.0. The number of nitrogens with zero attached hydrogens (tertiary/aromatic N) is 6. The van der Waals surface area contributed by atoms with Crippen molar-refractivity contribution in [3.8, 4) is 0 Å². The molecule has 5 rings (SSSR count). The molecule has 1 N–H and O–H groups in total. The van der Waals surface area contributed by atoms with E-state index in [1.165, 1.54) is 0 Å². The van der Waals surface area contributed by atoms with Crippen molar-refractivity contribution >= 4 is 34.3 Å². The highest BCUT2D eigenvalue weighted by atomic mass is 16.2. The first-order valence-electron chi connectivity index (χ1n) is 10.7. The molecule has 1 aliphatic rings. The van der Waals surface area contributed by atoms with Crippen LogP contribution in [0.15, 0.2) is 67.3 Å². The number of rotatable bonds is 5. The number of fused-ring (bicyclic) bond motifs is 1. The van der Waals surface area contributed by atoms with Gasteiger partial charge >= 0.3 is 0 Å². The van der Waals surface area contributed by atoms with Gasteiger partial charge in [0.05, 0.1) is 0 Å². The van der Waals surface area contributed by atoms with E-state index in [0.717, 1.165) is 41.2 Å². The quantitative estimate of drug-likeness (QED) is 0.527. The maximum atomic E-state index is 12.9. The number of pyridine rings is 1. The zero-order chi connectivity index (χ0) is 21.9. The first kappa shape index (κ1) is 20.0.